The van der Waals surface area contributed by atoms with E-state index < -0.39 is 155 Å². The van der Waals surface area contributed by atoms with Crippen molar-refractivity contribution in [3.63, 3.8) is 0 Å². The molecule has 23 nitrogen and oxygen atoms in total. The predicted molar refractivity (Wildman–Crippen MR) is 311 cm³/mol. The summed E-state index contributed by atoms with van der Waals surface area (Å²) < 4.78 is 34.7. The van der Waals surface area contributed by atoms with E-state index in [-0.39, 0.29) is 12.3 Å². The molecule has 3 heterocycles. The lowest BCUT2D eigenvalue weighted by Gasteiger charge is -2.50. The van der Waals surface area contributed by atoms with Crippen molar-refractivity contribution < 1.29 is 104 Å². The highest BCUT2D eigenvalue weighted by molar-refractivity contribution is 5.77. The van der Waals surface area contributed by atoms with Gasteiger partial charge in [-0.05, 0) is 19.3 Å². The van der Waals surface area contributed by atoms with Crippen LogP contribution in [0.15, 0.2) is 12.2 Å². The zero-order valence-electron chi connectivity index (χ0n) is 50.8. The molecule has 3 aliphatic rings. The van der Waals surface area contributed by atoms with Crippen molar-refractivity contribution in [2.45, 2.75) is 330 Å². The summed E-state index contributed by atoms with van der Waals surface area (Å²) in [7, 11) is 0. The molecular weight excluding hydrogens is 1100 g/mol. The van der Waals surface area contributed by atoms with Gasteiger partial charge in [-0.1, -0.05) is 193 Å². The largest absolute Gasteiger partial charge is 0.477 e. The van der Waals surface area contributed by atoms with Crippen molar-refractivity contribution in [3.8, 4) is 0 Å². The van der Waals surface area contributed by atoms with Crippen LogP contribution in [0.1, 0.15) is 220 Å². The zero-order valence-corrected chi connectivity index (χ0v) is 50.8. The Hall–Kier alpha value is -2.53. The number of carbonyl (C=O) groups excluding carboxylic acids is 2. The number of amides is 2. The molecule has 0 bridgehead atoms. The van der Waals surface area contributed by atoms with E-state index in [1.807, 2.05) is 6.08 Å². The van der Waals surface area contributed by atoms with E-state index in [0.717, 1.165) is 51.9 Å². The molecule has 3 rings (SSSR count). The molecular formula is C61H112N2O21. The lowest BCUT2D eigenvalue weighted by molar-refractivity contribution is -0.386. The van der Waals surface area contributed by atoms with Crippen LogP contribution in [-0.4, -0.2) is 215 Å². The Labute approximate surface area is 499 Å². The van der Waals surface area contributed by atoms with E-state index in [0.29, 0.717) is 12.8 Å². The van der Waals surface area contributed by atoms with E-state index in [1.54, 1.807) is 6.08 Å². The Morgan fingerprint density at radius 3 is 1.58 bits per heavy atom. The Morgan fingerprint density at radius 1 is 0.619 bits per heavy atom. The van der Waals surface area contributed by atoms with Crippen molar-refractivity contribution in [1.82, 2.24) is 10.6 Å². The number of aliphatic hydroxyl groups is 11. The van der Waals surface area contributed by atoms with E-state index in [2.05, 4.69) is 24.5 Å². The highest BCUT2D eigenvalue weighted by Crippen LogP contribution is 2.38. The van der Waals surface area contributed by atoms with Crippen LogP contribution < -0.4 is 10.6 Å². The average molecular weight is 1210 g/mol. The highest BCUT2D eigenvalue weighted by atomic mass is 16.8. The van der Waals surface area contributed by atoms with Gasteiger partial charge in [0, 0.05) is 19.8 Å². The molecule has 0 aromatic rings. The maximum absolute atomic E-state index is 13.4. The van der Waals surface area contributed by atoms with E-state index >= 15 is 0 Å². The SMILES string of the molecule is CCCCCCCCCCCC/C=C/C(O)C(COC1OC(CO)C(OC2OC(CO)C(O)C(OC3(C(=O)O)CC(O)C(NC(C)=O)C(C(O)C(O)CO)O3)C2O)C(O)C1O)NC(=O)CCCCCCCCCCCCCCCCCCCC. The fourth-order valence-electron chi connectivity index (χ4n) is 11.3. The number of carboxylic acids is 1. The first-order valence-corrected chi connectivity index (χ1v) is 32.1. The van der Waals surface area contributed by atoms with Gasteiger partial charge in [0.1, 0.15) is 67.1 Å². The Bertz CT molecular complexity index is 1770. The number of ether oxygens (including phenoxy) is 6. The Morgan fingerprint density at radius 2 is 1.11 bits per heavy atom. The Balaban J connectivity index is 1.63. The van der Waals surface area contributed by atoms with Crippen molar-refractivity contribution in [2.24, 2.45) is 0 Å². The van der Waals surface area contributed by atoms with Crippen LogP contribution in [0, 0.1) is 0 Å². The number of rotatable bonds is 47. The average Bonchev–Trinajstić information content (AvgIpc) is 1.27. The number of aliphatic hydroxyl groups excluding tert-OH is 11. The summed E-state index contributed by atoms with van der Waals surface area (Å²) in [6.07, 6.45) is 8.45. The fraction of sp³-hybridized carbons (Fsp3) is 0.918. The molecule has 3 fully saturated rings. The summed E-state index contributed by atoms with van der Waals surface area (Å²) in [4.78, 5) is 38.4. The standard InChI is InChI=1S/C61H112N2O21/c1-4-6-8-10-12-14-16-18-19-20-21-22-23-25-27-29-31-33-35-48(71)63-42(43(68)34-32-30-28-26-24-17-15-13-11-9-7-5-2)40-79-58-53(75)52(74)55(47(39-66)81-58)82-59-54(76)57(51(73)46(38-65)80-59)84-61(60(77)78)36-44(69)49(62-41(3)67)56(83-61)50(72)45(70)37-64/h32,34,42-47,49-59,64-66,68-70,72-76H,4-31,33,35-40H2,1-3H3,(H,62,67)(H,63,71)(H,77,78)/b34-32+. The summed E-state index contributed by atoms with van der Waals surface area (Å²) in [5.74, 6) is -6.14. The topological polar surface area (TPSA) is 373 Å². The number of aliphatic carboxylic acids is 1. The van der Waals surface area contributed by atoms with Crippen LogP contribution in [0.2, 0.25) is 0 Å². The zero-order chi connectivity index (χ0) is 61.9. The van der Waals surface area contributed by atoms with Gasteiger partial charge < -0.3 is 100 Å². The summed E-state index contributed by atoms with van der Waals surface area (Å²) in [5, 5.41) is 135. The number of hydrogen-bond acceptors (Lipinski definition) is 20. The third kappa shape index (κ3) is 26.7. The van der Waals surface area contributed by atoms with Crippen molar-refractivity contribution in [3.05, 3.63) is 12.2 Å². The molecule has 492 valence electrons. The maximum atomic E-state index is 13.4. The summed E-state index contributed by atoms with van der Waals surface area (Å²) >= 11 is 0. The molecule has 14 N–H and O–H groups in total. The summed E-state index contributed by atoms with van der Waals surface area (Å²) in [5.41, 5.74) is 0. The van der Waals surface area contributed by atoms with Gasteiger partial charge in [0.15, 0.2) is 12.6 Å². The molecule has 18 unspecified atom stereocenters. The van der Waals surface area contributed by atoms with E-state index in [9.17, 15) is 75.7 Å². The van der Waals surface area contributed by atoms with Gasteiger partial charge in [0.2, 0.25) is 11.8 Å². The summed E-state index contributed by atoms with van der Waals surface area (Å²) in [6.45, 7) is 2.11. The van der Waals surface area contributed by atoms with Gasteiger partial charge >= 0.3 is 5.97 Å². The molecule has 0 aliphatic carbocycles. The quantitative estimate of drug-likeness (QED) is 0.0303. The highest BCUT2D eigenvalue weighted by Gasteiger charge is 2.60. The van der Waals surface area contributed by atoms with Crippen LogP contribution >= 0.6 is 0 Å². The molecule has 0 aromatic heterocycles. The van der Waals surface area contributed by atoms with E-state index in [1.165, 1.54) is 128 Å². The molecule has 3 aliphatic heterocycles. The fourth-order valence-corrected chi connectivity index (χ4v) is 11.3. The first-order valence-electron chi connectivity index (χ1n) is 32.1. The normalized spacial score (nSPS) is 29.8. The lowest BCUT2D eigenvalue weighted by Crippen LogP contribution is -2.70. The van der Waals surface area contributed by atoms with Crippen LogP contribution in [0.4, 0.5) is 0 Å². The lowest BCUT2D eigenvalue weighted by atomic mass is 9.88. The number of unbranched alkanes of at least 4 members (excludes halogenated alkanes) is 27. The number of nitrogens with one attached hydrogen (secondary N) is 2. The first kappa shape index (κ1) is 75.7. The number of carbonyl (C=O) groups is 3. The summed E-state index contributed by atoms with van der Waals surface area (Å²) in [6, 6.07) is -2.61. The van der Waals surface area contributed by atoms with Gasteiger partial charge in [-0.2, -0.15) is 0 Å². The first-order chi connectivity index (χ1) is 40.4. The minimum absolute atomic E-state index is 0.204. The molecule has 23 heteroatoms. The van der Waals surface area contributed by atoms with Crippen molar-refractivity contribution >= 4 is 17.8 Å². The van der Waals surface area contributed by atoms with E-state index in [4.69, 9.17) is 28.4 Å². The molecule has 0 spiro atoms. The third-order valence-electron chi connectivity index (χ3n) is 16.5. The second kappa shape index (κ2) is 43.2. The predicted octanol–water partition coefficient (Wildman–Crippen LogP) is 3.95. The number of hydrogen-bond donors (Lipinski definition) is 14. The Kier molecular flexibility index (Phi) is 38.9. The molecule has 18 atom stereocenters. The molecule has 2 amide bonds. The van der Waals surface area contributed by atoms with Gasteiger partial charge in [-0.3, -0.25) is 9.59 Å². The number of carboxylic acid groups (broad SMARTS) is 1. The second-order valence-electron chi connectivity index (χ2n) is 23.6. The third-order valence-corrected chi connectivity index (χ3v) is 16.5. The molecule has 0 radical (unpaired) electrons. The van der Waals surface area contributed by atoms with Gasteiger partial charge in [0.05, 0.1) is 50.7 Å². The number of allylic oxidation sites excluding steroid dienone is 1. The minimum Gasteiger partial charge on any atom is -0.477 e. The van der Waals surface area contributed by atoms with Crippen LogP contribution in [0.3, 0.4) is 0 Å². The van der Waals surface area contributed by atoms with Gasteiger partial charge in [-0.25, -0.2) is 4.79 Å². The van der Waals surface area contributed by atoms with Crippen LogP contribution in [0.5, 0.6) is 0 Å². The smallest absolute Gasteiger partial charge is 0.364 e. The minimum atomic E-state index is -3.08. The maximum Gasteiger partial charge on any atom is 0.364 e. The molecule has 0 aromatic carbocycles. The monoisotopic (exact) mass is 1210 g/mol. The van der Waals surface area contributed by atoms with Crippen molar-refractivity contribution in [1.29, 1.82) is 0 Å². The molecule has 84 heavy (non-hydrogen) atoms. The van der Waals surface area contributed by atoms with Gasteiger partial charge in [-0.15, -0.1) is 0 Å². The van der Waals surface area contributed by atoms with Crippen LogP contribution in [0.25, 0.3) is 0 Å². The van der Waals surface area contributed by atoms with Crippen LogP contribution in [-0.2, 0) is 42.8 Å². The van der Waals surface area contributed by atoms with Crippen molar-refractivity contribution in [2.75, 3.05) is 26.4 Å². The second-order valence-corrected chi connectivity index (χ2v) is 23.6. The molecule has 3 saturated heterocycles. The molecule has 0 saturated carbocycles. The van der Waals surface area contributed by atoms with Gasteiger partial charge in [0.25, 0.3) is 5.79 Å².